The standard InChI is InChI=1S/C23H22F5N3O/c1-21(2)13-8-9-22(21,20(32)31-10-4-7-17(31)23(26,27)28)19-12(13)11-16(29-30-19)18-14(24)5-3-6-15(18)25/h3,5-6,11,13,17H,4,7-10H2,1-2H3/t13-,17?,22+/m1/s1. The van der Waals surface area contributed by atoms with Crippen molar-refractivity contribution in [1.29, 1.82) is 0 Å². The maximum atomic E-state index is 14.3. The second-order valence-electron chi connectivity index (χ2n) is 9.55. The molecular formula is C23H22F5N3O. The predicted molar refractivity (Wildman–Crippen MR) is 106 cm³/mol. The summed E-state index contributed by atoms with van der Waals surface area (Å²) < 4.78 is 69.5. The van der Waals surface area contributed by atoms with Crippen molar-refractivity contribution in [3.63, 3.8) is 0 Å². The molecule has 1 aromatic carbocycles. The van der Waals surface area contributed by atoms with Crippen LogP contribution in [-0.2, 0) is 10.2 Å². The van der Waals surface area contributed by atoms with E-state index in [-0.39, 0.29) is 30.1 Å². The molecule has 2 bridgehead atoms. The number of amides is 1. The average Bonchev–Trinajstić information content (AvgIpc) is 3.36. The molecule has 0 radical (unpaired) electrons. The normalized spacial score (nSPS) is 28.3. The Morgan fingerprint density at radius 2 is 1.81 bits per heavy atom. The maximum Gasteiger partial charge on any atom is 0.408 e. The number of carbonyl (C=O) groups is 1. The molecular weight excluding hydrogens is 429 g/mol. The van der Waals surface area contributed by atoms with Crippen LogP contribution in [-0.4, -0.2) is 39.8 Å². The first-order valence-corrected chi connectivity index (χ1v) is 10.7. The van der Waals surface area contributed by atoms with Gasteiger partial charge in [0.25, 0.3) is 0 Å². The zero-order chi connectivity index (χ0) is 23.1. The Balaban J connectivity index is 1.63. The lowest BCUT2D eigenvalue weighted by atomic mass is 9.67. The summed E-state index contributed by atoms with van der Waals surface area (Å²) in [5.41, 5.74) is -1.24. The van der Waals surface area contributed by atoms with Gasteiger partial charge in [0.15, 0.2) is 0 Å². The van der Waals surface area contributed by atoms with Gasteiger partial charge in [0, 0.05) is 6.54 Å². The highest BCUT2D eigenvalue weighted by atomic mass is 19.4. The third kappa shape index (κ3) is 2.62. The first-order valence-electron chi connectivity index (χ1n) is 10.7. The average molecular weight is 451 g/mol. The quantitative estimate of drug-likeness (QED) is 0.595. The number of hydrogen-bond donors (Lipinski definition) is 0. The summed E-state index contributed by atoms with van der Waals surface area (Å²) in [4.78, 5) is 14.7. The summed E-state index contributed by atoms with van der Waals surface area (Å²) in [6.07, 6.45) is -3.36. The van der Waals surface area contributed by atoms with Crippen LogP contribution in [0.25, 0.3) is 11.3 Å². The SMILES string of the molecule is CC1(C)[C@@H]2CC[C@@]1(C(=O)N1CCCC1C(F)(F)F)c1nnc(-c3c(F)cccc3F)cc12. The van der Waals surface area contributed by atoms with E-state index in [1.807, 2.05) is 13.8 Å². The van der Waals surface area contributed by atoms with Crippen molar-refractivity contribution in [2.45, 2.75) is 63.1 Å². The van der Waals surface area contributed by atoms with Gasteiger partial charge in [0.1, 0.15) is 17.7 Å². The summed E-state index contributed by atoms with van der Waals surface area (Å²) in [6, 6.07) is 3.25. The van der Waals surface area contributed by atoms with Crippen LogP contribution < -0.4 is 0 Å². The summed E-state index contributed by atoms with van der Waals surface area (Å²) in [5.74, 6) is -2.30. The highest BCUT2D eigenvalue weighted by Crippen LogP contribution is 2.68. The van der Waals surface area contributed by atoms with Gasteiger partial charge in [-0.3, -0.25) is 4.79 Å². The number of halogens is 5. The van der Waals surface area contributed by atoms with Crippen LogP contribution in [0.1, 0.15) is 56.7 Å². The first-order chi connectivity index (χ1) is 15.0. The molecule has 1 unspecified atom stereocenters. The van der Waals surface area contributed by atoms with Crippen LogP contribution >= 0.6 is 0 Å². The van der Waals surface area contributed by atoms with Gasteiger partial charge < -0.3 is 4.90 Å². The second kappa shape index (κ2) is 6.71. The number of fused-ring (bicyclic) bond motifs is 5. The predicted octanol–water partition coefficient (Wildman–Crippen LogP) is 5.13. The Morgan fingerprint density at radius 1 is 1.12 bits per heavy atom. The zero-order valence-corrected chi connectivity index (χ0v) is 17.6. The van der Waals surface area contributed by atoms with Crippen molar-refractivity contribution in [3.05, 3.63) is 47.2 Å². The van der Waals surface area contributed by atoms with E-state index in [9.17, 15) is 26.7 Å². The van der Waals surface area contributed by atoms with Crippen molar-refractivity contribution < 1.29 is 26.7 Å². The molecule has 1 saturated heterocycles. The zero-order valence-electron chi connectivity index (χ0n) is 17.6. The maximum absolute atomic E-state index is 14.3. The minimum Gasteiger partial charge on any atom is -0.330 e. The molecule has 1 aliphatic heterocycles. The van der Waals surface area contributed by atoms with Crippen molar-refractivity contribution in [1.82, 2.24) is 15.1 Å². The van der Waals surface area contributed by atoms with E-state index in [1.54, 1.807) is 6.07 Å². The third-order valence-electron chi connectivity index (χ3n) is 7.86. The van der Waals surface area contributed by atoms with Crippen LogP contribution in [0.3, 0.4) is 0 Å². The fourth-order valence-electron chi connectivity index (χ4n) is 6.26. The fourth-order valence-corrected chi connectivity index (χ4v) is 6.26. The number of benzene rings is 1. The monoisotopic (exact) mass is 451 g/mol. The summed E-state index contributed by atoms with van der Waals surface area (Å²) in [5, 5.41) is 8.26. The van der Waals surface area contributed by atoms with Gasteiger partial charge in [-0.25, -0.2) is 8.78 Å². The second-order valence-corrected chi connectivity index (χ2v) is 9.55. The molecule has 9 heteroatoms. The van der Waals surface area contributed by atoms with E-state index >= 15 is 0 Å². The van der Waals surface area contributed by atoms with E-state index in [4.69, 9.17) is 0 Å². The molecule has 2 fully saturated rings. The van der Waals surface area contributed by atoms with Gasteiger partial charge in [-0.05, 0) is 60.8 Å². The van der Waals surface area contributed by atoms with Gasteiger partial charge >= 0.3 is 6.18 Å². The third-order valence-corrected chi connectivity index (χ3v) is 7.86. The van der Waals surface area contributed by atoms with Crippen LogP contribution in [0, 0.1) is 17.0 Å². The molecule has 0 spiro atoms. The number of carbonyl (C=O) groups excluding carboxylic acids is 1. The first kappa shape index (κ1) is 21.3. The molecule has 2 aromatic rings. The molecule has 3 aliphatic rings. The fraction of sp³-hybridized carbons (Fsp3) is 0.522. The van der Waals surface area contributed by atoms with E-state index in [0.29, 0.717) is 30.5 Å². The molecule has 170 valence electrons. The Kier molecular flexibility index (Phi) is 4.46. The van der Waals surface area contributed by atoms with E-state index < -0.39 is 40.6 Å². The molecule has 0 N–H and O–H groups in total. The highest BCUT2D eigenvalue weighted by molar-refractivity contribution is 5.92. The van der Waals surface area contributed by atoms with Crippen molar-refractivity contribution in [2.24, 2.45) is 5.41 Å². The minimum absolute atomic E-state index is 0.0136. The number of aromatic nitrogens is 2. The van der Waals surface area contributed by atoms with Gasteiger partial charge in [-0.1, -0.05) is 19.9 Å². The highest BCUT2D eigenvalue weighted by Gasteiger charge is 2.69. The lowest BCUT2D eigenvalue weighted by molar-refractivity contribution is -0.186. The molecule has 32 heavy (non-hydrogen) atoms. The van der Waals surface area contributed by atoms with E-state index in [0.717, 1.165) is 17.0 Å². The smallest absolute Gasteiger partial charge is 0.330 e. The van der Waals surface area contributed by atoms with Crippen molar-refractivity contribution >= 4 is 5.91 Å². The van der Waals surface area contributed by atoms with Crippen molar-refractivity contribution in [3.8, 4) is 11.3 Å². The summed E-state index contributed by atoms with van der Waals surface area (Å²) >= 11 is 0. The number of rotatable bonds is 2. The topological polar surface area (TPSA) is 46.1 Å². The lowest BCUT2D eigenvalue weighted by Gasteiger charge is -2.41. The lowest BCUT2D eigenvalue weighted by Crippen LogP contribution is -2.55. The molecule has 1 amide bonds. The van der Waals surface area contributed by atoms with Crippen LogP contribution in [0.4, 0.5) is 22.0 Å². The van der Waals surface area contributed by atoms with Gasteiger partial charge in [-0.15, -0.1) is 5.10 Å². The largest absolute Gasteiger partial charge is 0.408 e. The molecule has 1 saturated carbocycles. The van der Waals surface area contributed by atoms with Gasteiger partial charge in [0.2, 0.25) is 5.91 Å². The van der Waals surface area contributed by atoms with E-state index in [2.05, 4.69) is 10.2 Å². The Morgan fingerprint density at radius 3 is 2.47 bits per heavy atom. The number of hydrogen-bond acceptors (Lipinski definition) is 3. The van der Waals surface area contributed by atoms with Crippen LogP contribution in [0.2, 0.25) is 0 Å². The van der Waals surface area contributed by atoms with Crippen LogP contribution in [0.5, 0.6) is 0 Å². The Hall–Kier alpha value is -2.58. The van der Waals surface area contributed by atoms with E-state index in [1.165, 1.54) is 6.07 Å². The molecule has 2 aliphatic carbocycles. The molecule has 2 heterocycles. The molecule has 3 atom stereocenters. The van der Waals surface area contributed by atoms with Gasteiger partial charge in [0.05, 0.1) is 22.4 Å². The number of alkyl halides is 3. The summed E-state index contributed by atoms with van der Waals surface area (Å²) in [6.45, 7) is 3.78. The Labute approximate surface area is 181 Å². The minimum atomic E-state index is -4.50. The summed E-state index contributed by atoms with van der Waals surface area (Å²) in [7, 11) is 0. The molecule has 4 nitrogen and oxygen atoms in total. The van der Waals surface area contributed by atoms with Gasteiger partial charge in [-0.2, -0.15) is 18.3 Å². The van der Waals surface area contributed by atoms with Crippen molar-refractivity contribution in [2.75, 3.05) is 6.54 Å². The number of nitrogens with zero attached hydrogens (tertiary/aromatic N) is 3. The molecule has 5 rings (SSSR count). The molecule has 1 aromatic heterocycles. The number of likely N-dealkylation sites (tertiary alicyclic amines) is 1. The van der Waals surface area contributed by atoms with Crippen LogP contribution in [0.15, 0.2) is 24.3 Å². The Bertz CT molecular complexity index is 1100.